The van der Waals surface area contributed by atoms with Crippen molar-refractivity contribution in [2.75, 3.05) is 28.2 Å². The van der Waals surface area contributed by atoms with Crippen LogP contribution >= 0.6 is 11.3 Å². The fourth-order valence-corrected chi connectivity index (χ4v) is 3.20. The molecule has 11 heteroatoms. The van der Waals surface area contributed by atoms with Gasteiger partial charge in [-0.25, -0.2) is 18.2 Å². The Hall–Kier alpha value is -2.66. The zero-order chi connectivity index (χ0) is 19.2. The molecule has 0 aliphatic carbocycles. The van der Waals surface area contributed by atoms with Gasteiger partial charge in [-0.1, -0.05) is 6.07 Å². The number of amides is 2. The molecule has 2 rings (SSSR count). The zero-order valence-electron chi connectivity index (χ0n) is 14.1. The predicted octanol–water partition coefficient (Wildman–Crippen LogP) is 2.26. The van der Waals surface area contributed by atoms with E-state index in [0.29, 0.717) is 22.2 Å². The van der Waals surface area contributed by atoms with Gasteiger partial charge < -0.3 is 10.1 Å². The van der Waals surface area contributed by atoms with Gasteiger partial charge in [-0.3, -0.25) is 14.8 Å². The van der Waals surface area contributed by atoms with E-state index in [1.54, 1.807) is 30.5 Å². The van der Waals surface area contributed by atoms with Crippen LogP contribution in [-0.4, -0.2) is 38.3 Å². The van der Waals surface area contributed by atoms with E-state index in [0.717, 1.165) is 6.26 Å². The highest BCUT2D eigenvalue weighted by atomic mass is 32.2. The molecule has 0 aliphatic rings. The average molecular weight is 398 g/mol. The normalized spacial score (nSPS) is 10.8. The number of nitrogens with one attached hydrogen (secondary N) is 3. The minimum atomic E-state index is -3.40. The van der Waals surface area contributed by atoms with E-state index in [1.807, 2.05) is 0 Å². The minimum absolute atomic E-state index is 0.00470. The number of aromatic nitrogens is 1. The fourth-order valence-electron chi connectivity index (χ4n) is 1.94. The van der Waals surface area contributed by atoms with Gasteiger partial charge in [0, 0.05) is 11.1 Å². The van der Waals surface area contributed by atoms with Gasteiger partial charge in [0.1, 0.15) is 0 Å². The van der Waals surface area contributed by atoms with Gasteiger partial charge in [0.2, 0.25) is 15.9 Å². The Balaban J connectivity index is 1.94. The number of ether oxygens (including phenoxy) is 1. The Morgan fingerprint density at radius 2 is 1.96 bits per heavy atom. The molecule has 26 heavy (non-hydrogen) atoms. The van der Waals surface area contributed by atoms with Crippen molar-refractivity contribution in [2.45, 2.75) is 13.3 Å². The standard InChI is InChI=1S/C15H18N4O5S2/c1-3-24-15(21)18-14-17-12(9-25-14)8-13(20)16-10-5-4-6-11(7-10)19-26(2,22)23/h4-7,9,19H,3,8H2,1-2H3,(H,16,20)(H,17,18,21). The third-order valence-corrected chi connectivity index (χ3v) is 4.24. The first-order valence-corrected chi connectivity index (χ1v) is 10.3. The van der Waals surface area contributed by atoms with Gasteiger partial charge in [-0.05, 0) is 25.1 Å². The number of nitrogens with zero attached hydrogens (tertiary/aromatic N) is 1. The maximum Gasteiger partial charge on any atom is 0.413 e. The summed E-state index contributed by atoms with van der Waals surface area (Å²) in [4.78, 5) is 27.6. The van der Waals surface area contributed by atoms with Crippen LogP contribution in [-0.2, 0) is 26.0 Å². The Morgan fingerprint density at radius 1 is 1.23 bits per heavy atom. The zero-order valence-corrected chi connectivity index (χ0v) is 15.7. The Bertz CT molecular complexity index is 895. The maximum absolute atomic E-state index is 12.1. The van der Waals surface area contributed by atoms with E-state index in [4.69, 9.17) is 4.74 Å². The van der Waals surface area contributed by atoms with Crippen LogP contribution in [0.2, 0.25) is 0 Å². The van der Waals surface area contributed by atoms with Crippen molar-refractivity contribution < 1.29 is 22.7 Å². The second kappa shape index (κ2) is 8.63. The summed E-state index contributed by atoms with van der Waals surface area (Å²) in [6, 6.07) is 6.34. The SMILES string of the molecule is CCOC(=O)Nc1nc(CC(=O)Nc2cccc(NS(C)(=O)=O)c2)cs1. The molecule has 0 aliphatic heterocycles. The molecule has 140 valence electrons. The molecular weight excluding hydrogens is 380 g/mol. The van der Waals surface area contributed by atoms with Gasteiger partial charge in [0.15, 0.2) is 5.13 Å². The predicted molar refractivity (Wildman–Crippen MR) is 100 cm³/mol. The molecule has 1 aromatic carbocycles. The van der Waals surface area contributed by atoms with Crippen molar-refractivity contribution in [3.05, 3.63) is 35.3 Å². The van der Waals surface area contributed by atoms with Crippen molar-refractivity contribution in [3.8, 4) is 0 Å². The van der Waals surface area contributed by atoms with Crippen LogP contribution in [0.15, 0.2) is 29.6 Å². The molecule has 9 nitrogen and oxygen atoms in total. The third-order valence-electron chi connectivity index (χ3n) is 2.83. The fraction of sp³-hybridized carbons (Fsp3) is 0.267. The quantitative estimate of drug-likeness (QED) is 0.657. The van der Waals surface area contributed by atoms with E-state index in [2.05, 4.69) is 20.3 Å². The number of sulfonamides is 1. The Labute approximate surface area is 154 Å². The van der Waals surface area contributed by atoms with Crippen LogP contribution in [0, 0.1) is 0 Å². The number of carbonyl (C=O) groups excluding carboxylic acids is 2. The molecule has 0 saturated carbocycles. The second-order valence-electron chi connectivity index (χ2n) is 5.17. The second-order valence-corrected chi connectivity index (χ2v) is 7.78. The molecule has 1 heterocycles. The first-order valence-electron chi connectivity index (χ1n) is 7.51. The monoisotopic (exact) mass is 398 g/mol. The first-order chi connectivity index (χ1) is 12.2. The number of anilines is 3. The summed E-state index contributed by atoms with van der Waals surface area (Å²) in [7, 11) is -3.40. The van der Waals surface area contributed by atoms with Crippen LogP contribution in [0.3, 0.4) is 0 Å². The number of rotatable bonds is 7. The number of carbonyl (C=O) groups is 2. The highest BCUT2D eigenvalue weighted by Gasteiger charge is 2.11. The summed E-state index contributed by atoms with van der Waals surface area (Å²) >= 11 is 1.18. The number of hydrogen-bond donors (Lipinski definition) is 3. The Kier molecular flexibility index (Phi) is 6.52. The maximum atomic E-state index is 12.1. The molecule has 0 radical (unpaired) electrons. The average Bonchev–Trinajstić information content (AvgIpc) is 2.92. The molecular formula is C15H18N4O5S2. The molecule has 3 N–H and O–H groups in total. The highest BCUT2D eigenvalue weighted by molar-refractivity contribution is 7.92. The molecule has 2 aromatic rings. The summed E-state index contributed by atoms with van der Waals surface area (Å²) < 4.78 is 29.6. The molecule has 2 amide bonds. The molecule has 0 bridgehead atoms. The van der Waals surface area contributed by atoms with Gasteiger partial charge in [-0.2, -0.15) is 0 Å². The lowest BCUT2D eigenvalue weighted by Crippen LogP contribution is -2.16. The van der Waals surface area contributed by atoms with Gasteiger partial charge in [-0.15, -0.1) is 11.3 Å². The molecule has 0 saturated heterocycles. The lowest BCUT2D eigenvalue weighted by molar-refractivity contribution is -0.115. The summed E-state index contributed by atoms with van der Waals surface area (Å²) in [5.41, 5.74) is 1.29. The van der Waals surface area contributed by atoms with E-state index in [1.165, 1.54) is 17.4 Å². The molecule has 0 spiro atoms. The van der Waals surface area contributed by atoms with Crippen molar-refractivity contribution >= 4 is 49.9 Å². The minimum Gasteiger partial charge on any atom is -0.450 e. The number of hydrogen-bond acceptors (Lipinski definition) is 7. The van der Waals surface area contributed by atoms with Crippen LogP contribution in [0.5, 0.6) is 0 Å². The van der Waals surface area contributed by atoms with Crippen molar-refractivity contribution in [1.82, 2.24) is 4.98 Å². The number of benzene rings is 1. The molecule has 0 fully saturated rings. The molecule has 0 atom stereocenters. The van der Waals surface area contributed by atoms with Crippen molar-refractivity contribution in [1.29, 1.82) is 0 Å². The topological polar surface area (TPSA) is 126 Å². The van der Waals surface area contributed by atoms with Crippen LogP contribution < -0.4 is 15.4 Å². The summed E-state index contributed by atoms with van der Waals surface area (Å²) in [6.45, 7) is 1.94. The molecule has 1 aromatic heterocycles. The molecule has 0 unspecified atom stereocenters. The first kappa shape index (κ1) is 19.7. The van der Waals surface area contributed by atoms with E-state index < -0.39 is 16.1 Å². The van der Waals surface area contributed by atoms with Gasteiger partial charge in [0.05, 0.1) is 30.7 Å². The van der Waals surface area contributed by atoms with Crippen LogP contribution in [0.4, 0.5) is 21.3 Å². The van der Waals surface area contributed by atoms with Crippen LogP contribution in [0.25, 0.3) is 0 Å². The van der Waals surface area contributed by atoms with Gasteiger partial charge in [0.25, 0.3) is 0 Å². The van der Waals surface area contributed by atoms with E-state index in [9.17, 15) is 18.0 Å². The van der Waals surface area contributed by atoms with E-state index in [-0.39, 0.29) is 18.9 Å². The van der Waals surface area contributed by atoms with Crippen LogP contribution in [0.1, 0.15) is 12.6 Å². The summed E-state index contributed by atoms with van der Waals surface area (Å²) in [6.07, 6.45) is 0.445. The highest BCUT2D eigenvalue weighted by Crippen LogP contribution is 2.18. The summed E-state index contributed by atoms with van der Waals surface area (Å²) in [5, 5.41) is 7.12. The largest absolute Gasteiger partial charge is 0.450 e. The smallest absolute Gasteiger partial charge is 0.413 e. The van der Waals surface area contributed by atoms with E-state index >= 15 is 0 Å². The Morgan fingerprint density at radius 3 is 2.65 bits per heavy atom. The van der Waals surface area contributed by atoms with Crippen molar-refractivity contribution in [2.24, 2.45) is 0 Å². The summed E-state index contributed by atoms with van der Waals surface area (Å²) in [5.74, 6) is -0.325. The van der Waals surface area contributed by atoms with Gasteiger partial charge >= 0.3 is 6.09 Å². The van der Waals surface area contributed by atoms with Crippen molar-refractivity contribution in [3.63, 3.8) is 0 Å². The lowest BCUT2D eigenvalue weighted by atomic mass is 10.2. The third kappa shape index (κ3) is 6.69. The number of thiazole rings is 1. The lowest BCUT2D eigenvalue weighted by Gasteiger charge is -2.08.